The van der Waals surface area contributed by atoms with Crippen LogP contribution < -0.4 is 0 Å². The quantitative estimate of drug-likeness (QED) is 0.668. The molecular weight excluding hydrogens is 251 g/mol. The van der Waals surface area contributed by atoms with Crippen LogP contribution in [0.4, 0.5) is 0 Å². The molecule has 2 heteroatoms. The van der Waals surface area contributed by atoms with E-state index in [9.17, 15) is 0 Å². The third-order valence-corrected chi connectivity index (χ3v) is 3.61. The summed E-state index contributed by atoms with van der Waals surface area (Å²) in [6, 6.07) is 14.9. The van der Waals surface area contributed by atoms with Gasteiger partial charge in [-0.25, -0.2) is 0 Å². The SMILES string of the molecule is ClCCCC(Cl)Cc1cccc2ccccc12. The molecule has 0 radical (unpaired) electrons. The van der Waals surface area contributed by atoms with Crippen molar-refractivity contribution < 1.29 is 0 Å². The fraction of sp³-hybridized carbons (Fsp3) is 0.333. The van der Waals surface area contributed by atoms with E-state index in [2.05, 4.69) is 42.5 Å². The number of hydrogen-bond donors (Lipinski definition) is 0. The summed E-state index contributed by atoms with van der Waals surface area (Å²) in [5, 5.41) is 2.78. The van der Waals surface area contributed by atoms with Crippen LogP contribution in [-0.4, -0.2) is 11.3 Å². The van der Waals surface area contributed by atoms with Crippen LogP contribution in [-0.2, 0) is 6.42 Å². The molecule has 0 nitrogen and oxygen atoms in total. The molecule has 0 amide bonds. The minimum absolute atomic E-state index is 0.180. The topological polar surface area (TPSA) is 0 Å². The maximum atomic E-state index is 6.34. The second-order valence-corrected chi connectivity index (χ2v) is 5.27. The molecule has 2 rings (SSSR count). The maximum absolute atomic E-state index is 6.34. The van der Waals surface area contributed by atoms with E-state index in [-0.39, 0.29) is 5.38 Å². The van der Waals surface area contributed by atoms with Crippen molar-refractivity contribution in [1.82, 2.24) is 0 Å². The Morgan fingerprint density at radius 2 is 1.76 bits per heavy atom. The van der Waals surface area contributed by atoms with E-state index >= 15 is 0 Å². The van der Waals surface area contributed by atoms with Gasteiger partial charge in [0.15, 0.2) is 0 Å². The first kappa shape index (κ1) is 12.7. The summed E-state index contributed by atoms with van der Waals surface area (Å²) < 4.78 is 0. The van der Waals surface area contributed by atoms with E-state index in [1.54, 1.807) is 0 Å². The van der Waals surface area contributed by atoms with Gasteiger partial charge < -0.3 is 0 Å². The molecule has 0 saturated carbocycles. The Hall–Kier alpha value is -0.720. The second-order valence-electron chi connectivity index (χ2n) is 4.27. The van der Waals surface area contributed by atoms with Crippen LogP contribution in [0.25, 0.3) is 10.8 Å². The number of hydrogen-bond acceptors (Lipinski definition) is 0. The van der Waals surface area contributed by atoms with Crippen molar-refractivity contribution in [2.45, 2.75) is 24.6 Å². The Balaban J connectivity index is 2.18. The van der Waals surface area contributed by atoms with E-state index in [1.807, 2.05) is 0 Å². The van der Waals surface area contributed by atoms with Crippen LogP contribution >= 0.6 is 23.2 Å². The van der Waals surface area contributed by atoms with Crippen LogP contribution in [0.15, 0.2) is 42.5 Å². The number of alkyl halides is 2. The van der Waals surface area contributed by atoms with Gasteiger partial charge in [0.25, 0.3) is 0 Å². The third kappa shape index (κ3) is 3.37. The van der Waals surface area contributed by atoms with Gasteiger partial charge in [0.1, 0.15) is 0 Å². The molecule has 90 valence electrons. The zero-order chi connectivity index (χ0) is 12.1. The van der Waals surface area contributed by atoms with Crippen molar-refractivity contribution in [2.24, 2.45) is 0 Å². The molecule has 0 aliphatic heterocycles. The highest BCUT2D eigenvalue weighted by atomic mass is 35.5. The van der Waals surface area contributed by atoms with Gasteiger partial charge in [-0.05, 0) is 35.6 Å². The molecule has 0 heterocycles. The molecule has 17 heavy (non-hydrogen) atoms. The summed E-state index contributed by atoms with van der Waals surface area (Å²) in [5.74, 6) is 0.693. The molecule has 0 bridgehead atoms. The average molecular weight is 267 g/mol. The summed E-state index contributed by atoms with van der Waals surface area (Å²) >= 11 is 12.0. The molecule has 1 atom stereocenters. The van der Waals surface area contributed by atoms with Crippen LogP contribution in [0, 0.1) is 0 Å². The maximum Gasteiger partial charge on any atom is 0.0377 e. The van der Waals surface area contributed by atoms with Gasteiger partial charge in [0.05, 0.1) is 0 Å². The zero-order valence-corrected chi connectivity index (χ0v) is 11.2. The van der Waals surface area contributed by atoms with E-state index in [0.717, 1.165) is 19.3 Å². The van der Waals surface area contributed by atoms with E-state index in [0.29, 0.717) is 5.88 Å². The van der Waals surface area contributed by atoms with Gasteiger partial charge in [0.2, 0.25) is 0 Å². The molecule has 2 aromatic carbocycles. The van der Waals surface area contributed by atoms with Crippen LogP contribution in [0.1, 0.15) is 18.4 Å². The van der Waals surface area contributed by atoms with Gasteiger partial charge in [-0.1, -0.05) is 42.5 Å². The van der Waals surface area contributed by atoms with Crippen molar-refractivity contribution in [3.63, 3.8) is 0 Å². The highest BCUT2D eigenvalue weighted by Gasteiger charge is 2.08. The lowest BCUT2D eigenvalue weighted by molar-refractivity contribution is 0.732. The molecule has 0 aliphatic rings. The fourth-order valence-corrected chi connectivity index (χ4v) is 2.58. The molecule has 0 fully saturated rings. The first-order valence-corrected chi connectivity index (χ1v) is 6.95. The van der Waals surface area contributed by atoms with E-state index in [4.69, 9.17) is 23.2 Å². The minimum Gasteiger partial charge on any atom is -0.127 e. The number of rotatable bonds is 5. The summed E-state index contributed by atoms with van der Waals surface area (Å²) in [4.78, 5) is 0. The van der Waals surface area contributed by atoms with Crippen molar-refractivity contribution in [3.05, 3.63) is 48.0 Å². The molecule has 0 spiro atoms. The van der Waals surface area contributed by atoms with Crippen LogP contribution in [0.5, 0.6) is 0 Å². The largest absolute Gasteiger partial charge is 0.127 e. The fourth-order valence-electron chi connectivity index (χ4n) is 2.11. The third-order valence-electron chi connectivity index (χ3n) is 2.97. The summed E-state index contributed by atoms with van der Waals surface area (Å²) in [5.41, 5.74) is 1.33. The Labute approximate surface area is 113 Å². The average Bonchev–Trinajstić information content (AvgIpc) is 2.37. The number of fused-ring (bicyclic) bond motifs is 1. The lowest BCUT2D eigenvalue weighted by Gasteiger charge is -2.11. The summed E-state index contributed by atoms with van der Waals surface area (Å²) in [6.07, 6.45) is 2.88. The predicted octanol–water partition coefficient (Wildman–Crippen LogP) is 5.01. The van der Waals surface area contributed by atoms with E-state index < -0.39 is 0 Å². The lowest BCUT2D eigenvalue weighted by Crippen LogP contribution is -2.04. The first-order valence-electron chi connectivity index (χ1n) is 5.98. The predicted molar refractivity (Wildman–Crippen MR) is 77.2 cm³/mol. The molecule has 0 aliphatic carbocycles. The highest BCUT2D eigenvalue weighted by molar-refractivity contribution is 6.21. The molecule has 1 unspecified atom stereocenters. The van der Waals surface area contributed by atoms with Gasteiger partial charge >= 0.3 is 0 Å². The molecule has 0 N–H and O–H groups in total. The van der Waals surface area contributed by atoms with Crippen molar-refractivity contribution >= 4 is 34.0 Å². The highest BCUT2D eigenvalue weighted by Crippen LogP contribution is 2.22. The smallest absolute Gasteiger partial charge is 0.0377 e. The Morgan fingerprint density at radius 3 is 2.59 bits per heavy atom. The summed E-state index contributed by atoms with van der Waals surface area (Å²) in [7, 11) is 0. The Bertz CT molecular complexity index is 474. The van der Waals surface area contributed by atoms with Crippen LogP contribution in [0.2, 0.25) is 0 Å². The molecule has 2 aromatic rings. The minimum atomic E-state index is 0.180. The van der Waals surface area contributed by atoms with Gasteiger partial charge in [0, 0.05) is 11.3 Å². The zero-order valence-electron chi connectivity index (χ0n) is 9.70. The van der Waals surface area contributed by atoms with Crippen molar-refractivity contribution in [3.8, 4) is 0 Å². The van der Waals surface area contributed by atoms with Gasteiger partial charge in [-0.3, -0.25) is 0 Å². The lowest BCUT2D eigenvalue weighted by atomic mass is 9.99. The van der Waals surface area contributed by atoms with Crippen LogP contribution in [0.3, 0.4) is 0 Å². The van der Waals surface area contributed by atoms with Crippen molar-refractivity contribution in [1.29, 1.82) is 0 Å². The summed E-state index contributed by atoms with van der Waals surface area (Å²) in [6.45, 7) is 0. The van der Waals surface area contributed by atoms with Gasteiger partial charge in [-0.2, -0.15) is 0 Å². The normalized spacial score (nSPS) is 12.8. The second kappa shape index (κ2) is 6.28. The molecular formula is C15H16Cl2. The Morgan fingerprint density at radius 1 is 1.00 bits per heavy atom. The Kier molecular flexibility index (Phi) is 4.70. The molecule has 0 saturated heterocycles. The molecule has 0 aromatic heterocycles. The van der Waals surface area contributed by atoms with Gasteiger partial charge in [-0.15, -0.1) is 23.2 Å². The van der Waals surface area contributed by atoms with E-state index in [1.165, 1.54) is 16.3 Å². The van der Waals surface area contributed by atoms with Crippen molar-refractivity contribution in [2.75, 3.05) is 5.88 Å². The number of benzene rings is 2. The number of halogens is 2. The standard InChI is InChI=1S/C15H16Cl2/c16-10-4-8-14(17)11-13-7-3-6-12-5-1-2-9-15(12)13/h1-3,5-7,9,14H,4,8,10-11H2. The monoisotopic (exact) mass is 266 g/mol. The first-order chi connectivity index (χ1) is 8.31.